The van der Waals surface area contributed by atoms with Gasteiger partial charge in [0.15, 0.2) is 11.5 Å². The fourth-order valence-electron chi connectivity index (χ4n) is 4.36. The van der Waals surface area contributed by atoms with E-state index in [4.69, 9.17) is 0 Å². The lowest BCUT2D eigenvalue weighted by Crippen LogP contribution is -2.20. The summed E-state index contributed by atoms with van der Waals surface area (Å²) >= 11 is 0. The number of pyridine rings is 1. The van der Waals surface area contributed by atoms with Gasteiger partial charge in [-0.2, -0.15) is 5.10 Å². The number of fused-ring (bicyclic) bond motifs is 2. The summed E-state index contributed by atoms with van der Waals surface area (Å²) in [4.78, 5) is 16.3. The Labute approximate surface area is 156 Å². The Morgan fingerprint density at radius 3 is 2.78 bits per heavy atom. The summed E-state index contributed by atoms with van der Waals surface area (Å²) in [6.45, 7) is 4.19. The first-order chi connectivity index (χ1) is 13.3. The van der Waals surface area contributed by atoms with Gasteiger partial charge in [0, 0.05) is 42.7 Å². The Morgan fingerprint density at radius 1 is 1.11 bits per heavy atom. The number of nitrogens with zero attached hydrogens (tertiary/aromatic N) is 7. The van der Waals surface area contributed by atoms with Gasteiger partial charge in [-0.05, 0) is 44.7 Å². The quantitative estimate of drug-likeness (QED) is 0.561. The SMILES string of the molecule is Cc1nc2ncc(-c3ccn4ncnc(N5CCCC5)c34)cc2n1C1CC1. The zero-order chi connectivity index (χ0) is 18.0. The van der Waals surface area contributed by atoms with Crippen molar-refractivity contribution in [2.24, 2.45) is 0 Å². The molecule has 1 saturated carbocycles. The van der Waals surface area contributed by atoms with Gasteiger partial charge in [0.25, 0.3) is 0 Å². The van der Waals surface area contributed by atoms with Crippen LogP contribution in [0.25, 0.3) is 27.8 Å². The highest BCUT2D eigenvalue weighted by atomic mass is 15.3. The Kier molecular flexibility index (Phi) is 3.09. The number of aryl methyl sites for hydroxylation is 1. The van der Waals surface area contributed by atoms with Gasteiger partial charge in [-0.3, -0.25) is 0 Å². The van der Waals surface area contributed by atoms with E-state index in [9.17, 15) is 0 Å². The average molecular weight is 359 g/mol. The summed E-state index contributed by atoms with van der Waals surface area (Å²) in [5.74, 6) is 2.08. The standard InChI is InChI=1S/C20H21N7/c1-13-24-19-17(27(13)15-4-5-15)10-14(11-21-19)16-6-9-26-18(16)20(22-12-23-26)25-7-2-3-8-25/h6,9-12,15H,2-5,7-8H2,1H3. The number of anilines is 1. The van der Waals surface area contributed by atoms with Crippen molar-refractivity contribution in [1.29, 1.82) is 0 Å². The second-order valence-corrected chi connectivity index (χ2v) is 7.63. The van der Waals surface area contributed by atoms with Crippen LogP contribution in [-0.2, 0) is 0 Å². The lowest BCUT2D eigenvalue weighted by atomic mass is 10.1. The van der Waals surface area contributed by atoms with Crippen LogP contribution < -0.4 is 4.90 Å². The summed E-state index contributed by atoms with van der Waals surface area (Å²) in [5, 5.41) is 4.42. The van der Waals surface area contributed by atoms with Gasteiger partial charge in [0.05, 0.1) is 5.52 Å². The molecule has 4 aromatic heterocycles. The summed E-state index contributed by atoms with van der Waals surface area (Å²) < 4.78 is 4.28. The Balaban J connectivity index is 1.56. The molecule has 0 N–H and O–H groups in total. The molecule has 1 aliphatic heterocycles. The van der Waals surface area contributed by atoms with Crippen molar-refractivity contribution in [2.75, 3.05) is 18.0 Å². The van der Waals surface area contributed by atoms with Crippen LogP contribution in [0.5, 0.6) is 0 Å². The first kappa shape index (κ1) is 15.1. The smallest absolute Gasteiger partial charge is 0.177 e. The Bertz CT molecular complexity index is 1160. The highest BCUT2D eigenvalue weighted by Gasteiger charge is 2.28. The Hall–Kier alpha value is -2.96. The minimum atomic E-state index is 0.585. The van der Waals surface area contributed by atoms with E-state index >= 15 is 0 Å². The molecule has 2 aliphatic rings. The van der Waals surface area contributed by atoms with Gasteiger partial charge < -0.3 is 9.47 Å². The van der Waals surface area contributed by atoms with E-state index in [1.165, 1.54) is 25.7 Å². The molecule has 0 aromatic carbocycles. The third-order valence-electron chi connectivity index (χ3n) is 5.79. The zero-order valence-electron chi connectivity index (χ0n) is 15.3. The summed E-state index contributed by atoms with van der Waals surface area (Å²) in [6, 6.07) is 4.94. The molecule has 2 fully saturated rings. The van der Waals surface area contributed by atoms with Crippen molar-refractivity contribution >= 4 is 22.5 Å². The minimum absolute atomic E-state index is 0.585. The largest absolute Gasteiger partial charge is 0.355 e. The van der Waals surface area contributed by atoms with E-state index in [1.54, 1.807) is 6.33 Å². The number of aromatic nitrogens is 6. The average Bonchev–Trinajstić information content (AvgIpc) is 3.11. The predicted molar refractivity (Wildman–Crippen MR) is 104 cm³/mol. The highest BCUT2D eigenvalue weighted by molar-refractivity contribution is 5.91. The molecular weight excluding hydrogens is 338 g/mol. The first-order valence-electron chi connectivity index (χ1n) is 9.72. The van der Waals surface area contributed by atoms with Crippen molar-refractivity contribution < 1.29 is 0 Å². The molecule has 0 unspecified atom stereocenters. The molecule has 1 aliphatic carbocycles. The lowest BCUT2D eigenvalue weighted by Gasteiger charge is -2.17. The maximum atomic E-state index is 4.67. The van der Waals surface area contributed by atoms with Crippen LogP contribution in [0.2, 0.25) is 0 Å². The molecule has 7 nitrogen and oxygen atoms in total. The van der Waals surface area contributed by atoms with Crippen LogP contribution in [0.4, 0.5) is 5.82 Å². The van der Waals surface area contributed by atoms with Gasteiger partial charge in [0.1, 0.15) is 17.7 Å². The van der Waals surface area contributed by atoms with Crippen LogP contribution in [0.1, 0.15) is 37.5 Å². The van der Waals surface area contributed by atoms with Gasteiger partial charge >= 0.3 is 0 Å². The van der Waals surface area contributed by atoms with E-state index in [2.05, 4.69) is 48.6 Å². The highest BCUT2D eigenvalue weighted by Crippen LogP contribution is 2.39. The molecule has 0 radical (unpaired) electrons. The van der Waals surface area contributed by atoms with E-state index in [1.807, 2.05) is 16.9 Å². The van der Waals surface area contributed by atoms with Gasteiger partial charge in [-0.1, -0.05) is 0 Å². The summed E-state index contributed by atoms with van der Waals surface area (Å²) in [5.41, 5.74) is 5.26. The Morgan fingerprint density at radius 2 is 1.96 bits per heavy atom. The molecule has 136 valence electrons. The number of imidazole rings is 1. The maximum absolute atomic E-state index is 4.67. The number of rotatable bonds is 3. The molecule has 0 spiro atoms. The molecule has 0 amide bonds. The van der Waals surface area contributed by atoms with E-state index in [-0.39, 0.29) is 0 Å². The van der Waals surface area contributed by atoms with Crippen molar-refractivity contribution in [3.8, 4) is 11.1 Å². The molecule has 1 saturated heterocycles. The summed E-state index contributed by atoms with van der Waals surface area (Å²) in [7, 11) is 0. The van der Waals surface area contributed by atoms with Crippen LogP contribution in [0.15, 0.2) is 30.9 Å². The summed E-state index contributed by atoms with van der Waals surface area (Å²) in [6.07, 6.45) is 10.5. The third kappa shape index (κ3) is 2.27. The van der Waals surface area contributed by atoms with Crippen molar-refractivity contribution in [3.63, 3.8) is 0 Å². The number of hydrogen-bond acceptors (Lipinski definition) is 5. The lowest BCUT2D eigenvalue weighted by molar-refractivity contribution is 0.734. The molecule has 0 bridgehead atoms. The van der Waals surface area contributed by atoms with Gasteiger partial charge in [0.2, 0.25) is 0 Å². The van der Waals surface area contributed by atoms with E-state index < -0.39 is 0 Å². The van der Waals surface area contributed by atoms with Crippen molar-refractivity contribution in [1.82, 2.24) is 29.1 Å². The molecule has 27 heavy (non-hydrogen) atoms. The monoisotopic (exact) mass is 359 g/mol. The van der Waals surface area contributed by atoms with Gasteiger partial charge in [-0.15, -0.1) is 0 Å². The van der Waals surface area contributed by atoms with E-state index in [0.29, 0.717) is 6.04 Å². The molecule has 4 aromatic rings. The first-order valence-corrected chi connectivity index (χ1v) is 9.72. The third-order valence-corrected chi connectivity index (χ3v) is 5.79. The molecule has 6 rings (SSSR count). The fourth-order valence-corrected chi connectivity index (χ4v) is 4.36. The van der Waals surface area contributed by atoms with Gasteiger partial charge in [-0.25, -0.2) is 19.5 Å². The van der Waals surface area contributed by atoms with Crippen LogP contribution in [0.3, 0.4) is 0 Å². The van der Waals surface area contributed by atoms with Crippen molar-refractivity contribution in [2.45, 2.75) is 38.6 Å². The second-order valence-electron chi connectivity index (χ2n) is 7.63. The minimum Gasteiger partial charge on any atom is -0.355 e. The second kappa shape index (κ2) is 5.52. The fraction of sp³-hybridized carbons (Fsp3) is 0.400. The molecule has 0 atom stereocenters. The maximum Gasteiger partial charge on any atom is 0.177 e. The molecule has 7 heteroatoms. The number of hydrogen-bond donors (Lipinski definition) is 0. The molecular formula is C20H21N7. The van der Waals surface area contributed by atoms with Crippen LogP contribution in [-0.4, -0.2) is 42.2 Å². The van der Waals surface area contributed by atoms with E-state index in [0.717, 1.165) is 52.5 Å². The van der Waals surface area contributed by atoms with Crippen LogP contribution >= 0.6 is 0 Å². The molecule has 5 heterocycles. The normalized spacial score (nSPS) is 17.4. The predicted octanol–water partition coefficient (Wildman–Crippen LogP) is 3.38. The topological polar surface area (TPSA) is 64.1 Å². The zero-order valence-corrected chi connectivity index (χ0v) is 15.3. The van der Waals surface area contributed by atoms with Crippen molar-refractivity contribution in [3.05, 3.63) is 36.7 Å². The van der Waals surface area contributed by atoms with Crippen LogP contribution in [0, 0.1) is 6.92 Å².